The van der Waals surface area contributed by atoms with Gasteiger partial charge in [-0.3, -0.25) is 4.99 Å². The number of guanidine groups is 1. The molecule has 0 fully saturated rings. The van der Waals surface area contributed by atoms with Crippen molar-refractivity contribution in [3.05, 3.63) is 60.0 Å². The van der Waals surface area contributed by atoms with Crippen molar-refractivity contribution in [2.24, 2.45) is 4.99 Å². The highest BCUT2D eigenvalue weighted by Crippen LogP contribution is 2.34. The van der Waals surface area contributed by atoms with E-state index in [0.29, 0.717) is 30.3 Å². The van der Waals surface area contributed by atoms with Gasteiger partial charge in [0.25, 0.3) is 0 Å². The molecule has 3 aromatic rings. The number of rotatable bonds is 8. The molecule has 3 rings (SSSR count). The lowest BCUT2D eigenvalue weighted by Crippen LogP contribution is -2.38. The van der Waals surface area contributed by atoms with E-state index < -0.39 is 0 Å². The van der Waals surface area contributed by atoms with E-state index in [0.717, 1.165) is 28.6 Å². The molecule has 0 radical (unpaired) electrons. The molecular weight excluding hydrogens is 394 g/mol. The molecule has 0 saturated carbocycles. The molecule has 0 saturated heterocycles. The number of benzene rings is 2. The van der Waals surface area contributed by atoms with Gasteiger partial charge in [-0.05, 0) is 11.6 Å². The molecule has 1 aromatic heterocycles. The van der Waals surface area contributed by atoms with Gasteiger partial charge in [0.15, 0.2) is 17.5 Å². The van der Waals surface area contributed by atoms with Crippen molar-refractivity contribution in [1.29, 1.82) is 0 Å². The Morgan fingerprint density at radius 3 is 2.35 bits per heavy atom. The van der Waals surface area contributed by atoms with Gasteiger partial charge in [0.2, 0.25) is 0 Å². The molecule has 0 amide bonds. The van der Waals surface area contributed by atoms with E-state index in [4.69, 9.17) is 14.2 Å². The lowest BCUT2D eigenvalue weighted by molar-refractivity contribution is 0.347. The number of aromatic nitrogens is 2. The standard InChI is InChI=1S/C23H29N5O3/c1-24-23(26-13-17-11-20(30-4)21(31-5)12-19(17)29-3)28(2)15-22-25-14-18(27-22)16-9-7-6-8-10-16/h6-12,14H,13,15H2,1-5H3,(H,24,26)(H,25,27). The second-order valence-corrected chi connectivity index (χ2v) is 6.89. The summed E-state index contributed by atoms with van der Waals surface area (Å²) in [4.78, 5) is 14.3. The summed E-state index contributed by atoms with van der Waals surface area (Å²) in [6, 6.07) is 13.8. The molecule has 0 aliphatic heterocycles. The highest BCUT2D eigenvalue weighted by atomic mass is 16.5. The van der Waals surface area contributed by atoms with Crippen molar-refractivity contribution in [2.75, 3.05) is 35.4 Å². The predicted molar refractivity (Wildman–Crippen MR) is 122 cm³/mol. The Balaban J connectivity index is 1.67. The van der Waals surface area contributed by atoms with Crippen LogP contribution in [0.2, 0.25) is 0 Å². The molecule has 0 bridgehead atoms. The maximum atomic E-state index is 5.51. The van der Waals surface area contributed by atoms with Gasteiger partial charge in [-0.25, -0.2) is 4.98 Å². The minimum absolute atomic E-state index is 0.508. The number of nitrogens with zero attached hydrogens (tertiary/aromatic N) is 3. The highest BCUT2D eigenvalue weighted by Gasteiger charge is 2.14. The zero-order chi connectivity index (χ0) is 22.2. The topological polar surface area (TPSA) is 84.0 Å². The molecular formula is C23H29N5O3. The van der Waals surface area contributed by atoms with E-state index in [9.17, 15) is 0 Å². The lowest BCUT2D eigenvalue weighted by atomic mass is 10.1. The smallest absolute Gasteiger partial charge is 0.194 e. The van der Waals surface area contributed by atoms with Crippen LogP contribution in [0.4, 0.5) is 0 Å². The maximum Gasteiger partial charge on any atom is 0.194 e. The van der Waals surface area contributed by atoms with Gasteiger partial charge in [-0.1, -0.05) is 30.3 Å². The van der Waals surface area contributed by atoms with Gasteiger partial charge in [0, 0.05) is 32.3 Å². The molecule has 0 spiro atoms. The fourth-order valence-electron chi connectivity index (χ4n) is 3.30. The monoisotopic (exact) mass is 423 g/mol. The zero-order valence-electron chi connectivity index (χ0n) is 18.6. The van der Waals surface area contributed by atoms with Crippen LogP contribution in [0.1, 0.15) is 11.4 Å². The van der Waals surface area contributed by atoms with Crippen molar-refractivity contribution in [3.8, 4) is 28.5 Å². The Morgan fingerprint density at radius 2 is 1.71 bits per heavy atom. The fraction of sp³-hybridized carbons (Fsp3) is 0.304. The number of hydrogen-bond acceptors (Lipinski definition) is 5. The van der Waals surface area contributed by atoms with E-state index in [1.54, 1.807) is 28.4 Å². The number of hydrogen-bond donors (Lipinski definition) is 2. The van der Waals surface area contributed by atoms with Crippen LogP contribution in [0.25, 0.3) is 11.3 Å². The van der Waals surface area contributed by atoms with Gasteiger partial charge in [-0.15, -0.1) is 0 Å². The normalized spacial score (nSPS) is 11.2. The van der Waals surface area contributed by atoms with Crippen molar-refractivity contribution in [3.63, 3.8) is 0 Å². The fourth-order valence-corrected chi connectivity index (χ4v) is 3.30. The largest absolute Gasteiger partial charge is 0.496 e. The maximum absolute atomic E-state index is 5.51. The van der Waals surface area contributed by atoms with Crippen molar-refractivity contribution < 1.29 is 14.2 Å². The number of nitrogens with one attached hydrogen (secondary N) is 2. The van der Waals surface area contributed by atoms with Crippen LogP contribution in [0.5, 0.6) is 17.2 Å². The van der Waals surface area contributed by atoms with Crippen LogP contribution < -0.4 is 19.5 Å². The Labute approximate surface area is 182 Å². The third-order valence-electron chi connectivity index (χ3n) is 4.90. The third-order valence-corrected chi connectivity index (χ3v) is 4.90. The van der Waals surface area contributed by atoms with Crippen molar-refractivity contribution in [2.45, 2.75) is 13.1 Å². The number of aromatic amines is 1. The first-order valence-corrected chi connectivity index (χ1v) is 9.89. The SMILES string of the molecule is CN=C(NCc1cc(OC)c(OC)cc1OC)N(C)Cc1ncc(-c2ccccc2)[nH]1. The van der Waals surface area contributed by atoms with Gasteiger partial charge < -0.3 is 29.4 Å². The molecule has 31 heavy (non-hydrogen) atoms. The Bertz CT molecular complexity index is 1020. The van der Waals surface area contributed by atoms with Gasteiger partial charge in [0.1, 0.15) is 11.6 Å². The van der Waals surface area contributed by atoms with E-state index >= 15 is 0 Å². The second-order valence-electron chi connectivity index (χ2n) is 6.89. The molecule has 8 heteroatoms. The van der Waals surface area contributed by atoms with Crippen LogP contribution in [0, 0.1) is 0 Å². The molecule has 8 nitrogen and oxygen atoms in total. The molecule has 2 N–H and O–H groups in total. The van der Waals surface area contributed by atoms with E-state index in [2.05, 4.69) is 32.4 Å². The molecule has 0 aliphatic carbocycles. The summed E-state index contributed by atoms with van der Waals surface area (Å²) in [5.41, 5.74) is 3.02. The van der Waals surface area contributed by atoms with Crippen LogP contribution >= 0.6 is 0 Å². The summed E-state index contributed by atoms with van der Waals surface area (Å²) in [5.74, 6) is 3.56. The first-order chi connectivity index (χ1) is 15.1. The summed E-state index contributed by atoms with van der Waals surface area (Å²) in [6.07, 6.45) is 1.85. The summed E-state index contributed by atoms with van der Waals surface area (Å²) in [7, 11) is 8.56. The molecule has 0 atom stereocenters. The predicted octanol–water partition coefficient (Wildman–Crippen LogP) is 3.31. The van der Waals surface area contributed by atoms with E-state index in [-0.39, 0.29) is 0 Å². The minimum Gasteiger partial charge on any atom is -0.496 e. The third kappa shape index (κ3) is 5.28. The quantitative estimate of drug-likeness (QED) is 0.427. The first-order valence-electron chi connectivity index (χ1n) is 9.89. The van der Waals surface area contributed by atoms with Gasteiger partial charge in [-0.2, -0.15) is 0 Å². The zero-order valence-corrected chi connectivity index (χ0v) is 18.6. The first kappa shape index (κ1) is 22.0. The molecule has 2 aromatic carbocycles. The number of imidazole rings is 1. The average Bonchev–Trinajstić information content (AvgIpc) is 3.27. The Hall–Kier alpha value is -3.68. The minimum atomic E-state index is 0.508. The summed E-state index contributed by atoms with van der Waals surface area (Å²) < 4.78 is 16.3. The Kier molecular flexibility index (Phi) is 7.37. The summed E-state index contributed by atoms with van der Waals surface area (Å²) in [5, 5.41) is 3.37. The summed E-state index contributed by atoms with van der Waals surface area (Å²) in [6.45, 7) is 1.09. The highest BCUT2D eigenvalue weighted by molar-refractivity contribution is 5.79. The second kappa shape index (κ2) is 10.4. The lowest BCUT2D eigenvalue weighted by Gasteiger charge is -2.22. The number of methoxy groups -OCH3 is 3. The van der Waals surface area contributed by atoms with E-state index in [1.807, 2.05) is 48.5 Å². The van der Waals surface area contributed by atoms with Crippen LogP contribution in [-0.2, 0) is 13.1 Å². The molecule has 0 aliphatic rings. The van der Waals surface area contributed by atoms with Crippen LogP contribution in [0.15, 0.2) is 53.7 Å². The van der Waals surface area contributed by atoms with Gasteiger partial charge >= 0.3 is 0 Å². The summed E-state index contributed by atoms with van der Waals surface area (Å²) >= 11 is 0. The van der Waals surface area contributed by atoms with Crippen LogP contribution in [0.3, 0.4) is 0 Å². The molecule has 164 valence electrons. The number of H-pyrrole nitrogens is 1. The van der Waals surface area contributed by atoms with Crippen molar-refractivity contribution >= 4 is 5.96 Å². The molecule has 0 unspecified atom stereocenters. The Morgan fingerprint density at radius 1 is 1.03 bits per heavy atom. The van der Waals surface area contributed by atoms with E-state index in [1.165, 1.54) is 0 Å². The number of ether oxygens (including phenoxy) is 3. The average molecular weight is 424 g/mol. The number of aliphatic imine (C=N–C) groups is 1. The van der Waals surface area contributed by atoms with Crippen molar-refractivity contribution in [1.82, 2.24) is 20.2 Å². The van der Waals surface area contributed by atoms with Crippen LogP contribution in [-0.4, -0.2) is 56.3 Å². The van der Waals surface area contributed by atoms with Gasteiger partial charge in [0.05, 0.1) is 39.8 Å². The molecule has 1 heterocycles.